The number of amides is 1. The Labute approximate surface area is 118 Å². The van der Waals surface area contributed by atoms with Gasteiger partial charge in [-0.25, -0.2) is 0 Å². The van der Waals surface area contributed by atoms with Crippen LogP contribution in [0.1, 0.15) is 55.2 Å². The zero-order valence-electron chi connectivity index (χ0n) is 11.9. The van der Waals surface area contributed by atoms with Gasteiger partial charge in [-0.2, -0.15) is 4.98 Å². The van der Waals surface area contributed by atoms with Gasteiger partial charge in [-0.05, 0) is 32.2 Å². The number of nitrogens with zero attached hydrogens (tertiary/aromatic N) is 2. The van der Waals surface area contributed by atoms with E-state index >= 15 is 0 Å². The molecule has 0 saturated carbocycles. The van der Waals surface area contributed by atoms with Gasteiger partial charge in [0, 0.05) is 19.8 Å². The molecule has 20 heavy (non-hydrogen) atoms. The minimum atomic E-state index is -0.298. The molecule has 0 aromatic carbocycles. The van der Waals surface area contributed by atoms with Gasteiger partial charge in [-0.1, -0.05) is 12.1 Å². The van der Waals surface area contributed by atoms with Crippen molar-refractivity contribution in [2.45, 2.75) is 38.6 Å². The molecular formula is C13H22N4O3. The van der Waals surface area contributed by atoms with E-state index in [2.05, 4.69) is 27.7 Å². The first-order valence-electron chi connectivity index (χ1n) is 7.24. The summed E-state index contributed by atoms with van der Waals surface area (Å²) in [7, 11) is 0. The third-order valence-electron chi connectivity index (χ3n) is 3.10. The smallest absolute Gasteiger partial charge is 0.292 e. The largest absolute Gasteiger partial charge is 0.381 e. The molecule has 1 aromatic heterocycles. The number of carbonyl (C=O) groups is 1. The minimum absolute atomic E-state index is 0.0893. The Morgan fingerprint density at radius 1 is 1.55 bits per heavy atom. The Hall–Kier alpha value is -1.47. The Balaban J connectivity index is 1.69. The molecule has 7 nitrogen and oxygen atoms in total. The summed E-state index contributed by atoms with van der Waals surface area (Å²) >= 11 is 0. The molecule has 2 heterocycles. The SMILES string of the molecule is CCCOCCCNC(=O)c1noc(C2CCCN2)n1. The van der Waals surface area contributed by atoms with E-state index in [1.165, 1.54) is 0 Å². The summed E-state index contributed by atoms with van der Waals surface area (Å²) in [5, 5.41) is 9.73. The average Bonchev–Trinajstić information content (AvgIpc) is 3.12. The molecule has 1 aliphatic heterocycles. The lowest BCUT2D eigenvalue weighted by Crippen LogP contribution is -2.26. The van der Waals surface area contributed by atoms with Gasteiger partial charge in [0.25, 0.3) is 11.7 Å². The van der Waals surface area contributed by atoms with Crippen LogP contribution in [0.25, 0.3) is 0 Å². The maximum absolute atomic E-state index is 11.8. The molecule has 1 unspecified atom stereocenters. The highest BCUT2D eigenvalue weighted by atomic mass is 16.5. The monoisotopic (exact) mass is 282 g/mol. The summed E-state index contributed by atoms with van der Waals surface area (Å²) in [5.74, 6) is 0.301. The Morgan fingerprint density at radius 2 is 2.45 bits per heavy atom. The van der Waals surface area contributed by atoms with Crippen LogP contribution in [0.5, 0.6) is 0 Å². The van der Waals surface area contributed by atoms with Crippen LogP contribution in [0.2, 0.25) is 0 Å². The van der Waals surface area contributed by atoms with E-state index in [0.717, 1.165) is 38.8 Å². The fraction of sp³-hybridized carbons (Fsp3) is 0.769. The van der Waals surface area contributed by atoms with Gasteiger partial charge in [0.1, 0.15) is 0 Å². The van der Waals surface area contributed by atoms with Crippen molar-refractivity contribution in [1.29, 1.82) is 0 Å². The third-order valence-corrected chi connectivity index (χ3v) is 3.10. The van der Waals surface area contributed by atoms with Crippen LogP contribution >= 0.6 is 0 Å². The highest BCUT2D eigenvalue weighted by Crippen LogP contribution is 2.20. The summed E-state index contributed by atoms with van der Waals surface area (Å²) < 4.78 is 10.5. The highest BCUT2D eigenvalue weighted by Gasteiger charge is 2.24. The van der Waals surface area contributed by atoms with Crippen molar-refractivity contribution in [3.05, 3.63) is 11.7 Å². The van der Waals surface area contributed by atoms with Crippen LogP contribution in [0.3, 0.4) is 0 Å². The van der Waals surface area contributed by atoms with Gasteiger partial charge in [-0.15, -0.1) is 0 Å². The second kappa shape index (κ2) is 7.96. The lowest BCUT2D eigenvalue weighted by Gasteiger charge is -2.03. The lowest BCUT2D eigenvalue weighted by atomic mass is 10.2. The second-order valence-electron chi connectivity index (χ2n) is 4.83. The summed E-state index contributed by atoms with van der Waals surface area (Å²) in [5.41, 5.74) is 0. The molecular weight excluding hydrogens is 260 g/mol. The highest BCUT2D eigenvalue weighted by molar-refractivity contribution is 5.90. The van der Waals surface area contributed by atoms with E-state index in [1.54, 1.807) is 0 Å². The van der Waals surface area contributed by atoms with Crippen LogP contribution in [0, 0.1) is 0 Å². The first-order valence-corrected chi connectivity index (χ1v) is 7.24. The van der Waals surface area contributed by atoms with Crippen LogP contribution < -0.4 is 10.6 Å². The maximum atomic E-state index is 11.8. The van der Waals surface area contributed by atoms with E-state index < -0.39 is 0 Å². The molecule has 1 aliphatic rings. The molecule has 1 saturated heterocycles. The number of carbonyl (C=O) groups excluding carboxylic acids is 1. The van der Waals surface area contributed by atoms with E-state index in [1.807, 2.05) is 0 Å². The second-order valence-corrected chi connectivity index (χ2v) is 4.83. The molecule has 1 amide bonds. The molecule has 0 spiro atoms. The topological polar surface area (TPSA) is 89.3 Å². The Bertz CT molecular complexity index is 416. The molecule has 0 bridgehead atoms. The molecule has 0 aliphatic carbocycles. The van der Waals surface area contributed by atoms with Crippen LogP contribution in [-0.2, 0) is 4.74 Å². The summed E-state index contributed by atoms with van der Waals surface area (Å²) in [6, 6.07) is 0.0893. The van der Waals surface area contributed by atoms with Crippen molar-refractivity contribution in [1.82, 2.24) is 20.8 Å². The van der Waals surface area contributed by atoms with Crippen LogP contribution in [0.4, 0.5) is 0 Å². The Morgan fingerprint density at radius 3 is 3.20 bits per heavy atom. The summed E-state index contributed by atoms with van der Waals surface area (Å²) in [4.78, 5) is 15.9. The Kier molecular flexibility index (Phi) is 5.94. The number of ether oxygens (including phenoxy) is 1. The fourth-order valence-electron chi connectivity index (χ4n) is 2.07. The number of hydrogen-bond acceptors (Lipinski definition) is 6. The molecule has 2 rings (SSSR count). The van der Waals surface area contributed by atoms with Crippen molar-refractivity contribution in [2.24, 2.45) is 0 Å². The van der Waals surface area contributed by atoms with Crippen LogP contribution in [-0.4, -0.2) is 42.4 Å². The van der Waals surface area contributed by atoms with E-state index in [4.69, 9.17) is 9.26 Å². The minimum Gasteiger partial charge on any atom is -0.381 e. The quantitative estimate of drug-likeness (QED) is 0.693. The lowest BCUT2D eigenvalue weighted by molar-refractivity contribution is 0.0928. The number of aromatic nitrogens is 2. The summed E-state index contributed by atoms with van der Waals surface area (Å²) in [6.07, 6.45) is 3.85. The average molecular weight is 282 g/mol. The van der Waals surface area contributed by atoms with Crippen LogP contribution in [0.15, 0.2) is 4.52 Å². The van der Waals surface area contributed by atoms with Crippen molar-refractivity contribution >= 4 is 5.91 Å². The van der Waals surface area contributed by atoms with Gasteiger partial charge in [0.15, 0.2) is 0 Å². The first kappa shape index (κ1) is 14.9. The van der Waals surface area contributed by atoms with Crippen molar-refractivity contribution in [3.8, 4) is 0 Å². The van der Waals surface area contributed by atoms with Gasteiger partial charge < -0.3 is 19.9 Å². The molecule has 2 N–H and O–H groups in total. The number of nitrogens with one attached hydrogen (secondary N) is 2. The van der Waals surface area contributed by atoms with Crippen molar-refractivity contribution in [2.75, 3.05) is 26.3 Å². The van der Waals surface area contributed by atoms with E-state index in [0.29, 0.717) is 19.0 Å². The van der Waals surface area contributed by atoms with E-state index in [9.17, 15) is 4.79 Å². The molecule has 0 radical (unpaired) electrons. The molecule has 1 aromatic rings. The molecule has 1 atom stereocenters. The fourth-order valence-corrected chi connectivity index (χ4v) is 2.07. The maximum Gasteiger partial charge on any atom is 0.292 e. The number of rotatable bonds is 8. The first-order chi connectivity index (χ1) is 9.81. The molecule has 1 fully saturated rings. The predicted molar refractivity (Wildman–Crippen MR) is 72.3 cm³/mol. The molecule has 112 valence electrons. The van der Waals surface area contributed by atoms with E-state index in [-0.39, 0.29) is 17.8 Å². The third kappa shape index (κ3) is 4.28. The van der Waals surface area contributed by atoms with Crippen molar-refractivity contribution in [3.63, 3.8) is 0 Å². The summed E-state index contributed by atoms with van der Waals surface area (Å²) in [6.45, 7) is 4.98. The zero-order valence-corrected chi connectivity index (χ0v) is 11.9. The number of hydrogen-bond donors (Lipinski definition) is 2. The standard InChI is InChI=1S/C13H22N4O3/c1-2-8-19-9-4-7-15-12(18)11-16-13(20-17-11)10-5-3-6-14-10/h10,14H,2-9H2,1H3,(H,15,18). The van der Waals surface area contributed by atoms with Gasteiger partial charge in [0.05, 0.1) is 6.04 Å². The van der Waals surface area contributed by atoms with Gasteiger partial charge in [-0.3, -0.25) is 4.79 Å². The zero-order chi connectivity index (χ0) is 14.2. The normalized spacial score (nSPS) is 18.4. The van der Waals surface area contributed by atoms with Gasteiger partial charge in [0.2, 0.25) is 5.89 Å². The van der Waals surface area contributed by atoms with Gasteiger partial charge >= 0.3 is 0 Å². The molecule has 7 heteroatoms. The van der Waals surface area contributed by atoms with Crippen molar-refractivity contribution < 1.29 is 14.1 Å². The predicted octanol–water partition coefficient (Wildman–Crippen LogP) is 1.04.